The summed E-state index contributed by atoms with van der Waals surface area (Å²) in [7, 11) is 1.95. The predicted octanol–water partition coefficient (Wildman–Crippen LogP) is 7.72. The summed E-state index contributed by atoms with van der Waals surface area (Å²) in [5, 5.41) is 0. The van der Waals surface area contributed by atoms with Crippen molar-refractivity contribution in [1.29, 1.82) is 0 Å². The SMILES string of the molecule is CCOC(=O)C[C@@H](c1ccc(OCC2(C)CC3=C(C=C2Br)C(C)(C)CCC3(C)C)cc1)c1nccn1C. The van der Waals surface area contributed by atoms with Crippen LogP contribution in [0.15, 0.2) is 58.4 Å². The molecule has 1 aromatic carbocycles. The number of aryl methyl sites for hydroxylation is 1. The van der Waals surface area contributed by atoms with Gasteiger partial charge in [-0.25, -0.2) is 4.98 Å². The number of benzene rings is 1. The van der Waals surface area contributed by atoms with Crippen LogP contribution < -0.4 is 4.74 Å². The number of hydrogen-bond donors (Lipinski definition) is 0. The van der Waals surface area contributed by atoms with E-state index in [-0.39, 0.29) is 34.6 Å². The van der Waals surface area contributed by atoms with Gasteiger partial charge in [-0.1, -0.05) is 68.3 Å². The minimum absolute atomic E-state index is 0.123. The average Bonchev–Trinajstić information content (AvgIpc) is 3.27. The van der Waals surface area contributed by atoms with E-state index in [2.05, 4.69) is 61.6 Å². The van der Waals surface area contributed by atoms with Crippen LogP contribution in [-0.4, -0.2) is 28.7 Å². The number of imidazole rings is 1. The molecule has 0 radical (unpaired) electrons. The van der Waals surface area contributed by atoms with Gasteiger partial charge in [-0.05, 0) is 66.4 Å². The van der Waals surface area contributed by atoms with Gasteiger partial charge in [-0.15, -0.1) is 0 Å². The highest BCUT2D eigenvalue weighted by Crippen LogP contribution is 2.57. The Morgan fingerprint density at radius 3 is 2.41 bits per heavy atom. The van der Waals surface area contributed by atoms with Gasteiger partial charge in [0.15, 0.2) is 0 Å². The molecule has 0 fully saturated rings. The molecule has 5 nitrogen and oxygen atoms in total. The summed E-state index contributed by atoms with van der Waals surface area (Å²) in [6.45, 7) is 14.6. The lowest BCUT2D eigenvalue weighted by Crippen LogP contribution is -2.38. The highest BCUT2D eigenvalue weighted by atomic mass is 79.9. The van der Waals surface area contributed by atoms with Gasteiger partial charge < -0.3 is 14.0 Å². The Morgan fingerprint density at radius 1 is 1.11 bits per heavy atom. The Balaban J connectivity index is 1.51. The summed E-state index contributed by atoms with van der Waals surface area (Å²) < 4.78 is 14.8. The molecule has 1 heterocycles. The molecule has 0 bridgehead atoms. The lowest BCUT2D eigenvalue weighted by atomic mass is 9.58. The second kappa shape index (κ2) is 10.4. The van der Waals surface area contributed by atoms with Crippen molar-refractivity contribution in [3.05, 3.63) is 69.8 Å². The van der Waals surface area contributed by atoms with Crippen molar-refractivity contribution in [1.82, 2.24) is 9.55 Å². The third-order valence-electron chi connectivity index (χ3n) is 8.35. The molecule has 1 aromatic heterocycles. The van der Waals surface area contributed by atoms with Gasteiger partial charge in [-0.3, -0.25) is 4.79 Å². The molecule has 0 saturated heterocycles. The fraction of sp³-hybridized carbons (Fsp3) is 0.548. The van der Waals surface area contributed by atoms with Gasteiger partial charge in [-0.2, -0.15) is 0 Å². The molecule has 0 spiro atoms. The van der Waals surface area contributed by atoms with Gasteiger partial charge in [0.2, 0.25) is 0 Å². The molecule has 0 aliphatic heterocycles. The van der Waals surface area contributed by atoms with Crippen LogP contribution in [0, 0.1) is 16.2 Å². The standard InChI is InChI=1S/C31H41BrN2O3/c1-8-36-27(35)17-23(28-33-15-16-34(28)7)21-9-11-22(12-10-21)37-20-31(6)19-25-24(18-26(31)32)29(2,3)13-14-30(25,4)5/h9-12,15-16,18,23H,8,13-14,17,19-20H2,1-7H3/t23-,31?/m0/s1. The molecule has 6 heteroatoms. The van der Waals surface area contributed by atoms with E-state index in [0.717, 1.165) is 23.6 Å². The van der Waals surface area contributed by atoms with Gasteiger partial charge in [0.25, 0.3) is 0 Å². The van der Waals surface area contributed by atoms with Crippen LogP contribution in [0.4, 0.5) is 0 Å². The molecule has 0 N–H and O–H groups in total. The maximum absolute atomic E-state index is 12.3. The second-order valence-corrected chi connectivity index (χ2v) is 13.1. The molecule has 1 unspecified atom stereocenters. The number of allylic oxidation sites excluding steroid dienone is 3. The first-order chi connectivity index (χ1) is 17.4. The Hall–Kier alpha value is -2.34. The topological polar surface area (TPSA) is 53.4 Å². The largest absolute Gasteiger partial charge is 0.493 e. The quantitative estimate of drug-likeness (QED) is 0.306. The zero-order valence-electron chi connectivity index (χ0n) is 23.4. The molecule has 2 atom stereocenters. The Labute approximate surface area is 230 Å². The Bertz CT molecular complexity index is 1210. The fourth-order valence-electron chi connectivity index (χ4n) is 5.69. The van der Waals surface area contributed by atoms with E-state index in [4.69, 9.17) is 9.47 Å². The summed E-state index contributed by atoms with van der Waals surface area (Å²) >= 11 is 3.92. The monoisotopic (exact) mass is 568 g/mol. The zero-order chi connectivity index (χ0) is 27.0. The summed E-state index contributed by atoms with van der Waals surface area (Å²) in [6.07, 6.45) is 9.70. The molecule has 37 heavy (non-hydrogen) atoms. The maximum Gasteiger partial charge on any atom is 0.306 e. The Kier molecular flexibility index (Phi) is 7.81. The highest BCUT2D eigenvalue weighted by Gasteiger charge is 2.45. The van der Waals surface area contributed by atoms with Crippen LogP contribution in [0.2, 0.25) is 0 Å². The first-order valence-electron chi connectivity index (χ1n) is 13.3. The van der Waals surface area contributed by atoms with E-state index in [9.17, 15) is 4.79 Å². The normalized spacial score (nSPS) is 23.2. The molecule has 2 aliphatic carbocycles. The summed E-state index contributed by atoms with van der Waals surface area (Å²) in [5.74, 6) is 1.26. The smallest absolute Gasteiger partial charge is 0.306 e. The number of carbonyl (C=O) groups is 1. The van der Waals surface area contributed by atoms with Crippen molar-refractivity contribution in [2.45, 2.75) is 73.1 Å². The number of ether oxygens (including phenoxy) is 2. The number of rotatable bonds is 8. The van der Waals surface area contributed by atoms with E-state index in [1.807, 2.05) is 49.0 Å². The number of halogens is 1. The molecule has 2 aromatic rings. The number of aromatic nitrogens is 2. The maximum atomic E-state index is 12.3. The van der Waals surface area contributed by atoms with Crippen molar-refractivity contribution in [3.63, 3.8) is 0 Å². The lowest BCUT2D eigenvalue weighted by molar-refractivity contribution is -0.143. The minimum atomic E-state index is -0.222. The molecule has 4 rings (SSSR count). The molecular weight excluding hydrogens is 528 g/mol. The highest BCUT2D eigenvalue weighted by molar-refractivity contribution is 9.11. The van der Waals surface area contributed by atoms with Crippen molar-refractivity contribution < 1.29 is 14.3 Å². The first kappa shape index (κ1) is 27.7. The fourth-order valence-corrected chi connectivity index (χ4v) is 6.18. The number of esters is 1. The van der Waals surface area contributed by atoms with E-state index >= 15 is 0 Å². The van der Waals surface area contributed by atoms with Crippen molar-refractivity contribution in [2.24, 2.45) is 23.3 Å². The van der Waals surface area contributed by atoms with E-state index < -0.39 is 0 Å². The van der Waals surface area contributed by atoms with Crippen LogP contribution in [0.3, 0.4) is 0 Å². The van der Waals surface area contributed by atoms with Crippen LogP contribution in [0.1, 0.15) is 84.5 Å². The van der Waals surface area contributed by atoms with Crippen LogP contribution in [-0.2, 0) is 16.6 Å². The van der Waals surface area contributed by atoms with Crippen LogP contribution >= 0.6 is 15.9 Å². The van der Waals surface area contributed by atoms with Crippen molar-refractivity contribution >= 4 is 21.9 Å². The van der Waals surface area contributed by atoms with Gasteiger partial charge >= 0.3 is 5.97 Å². The van der Waals surface area contributed by atoms with E-state index in [0.29, 0.717) is 13.2 Å². The molecular formula is C31H41BrN2O3. The van der Waals surface area contributed by atoms with Crippen LogP contribution in [0.5, 0.6) is 5.75 Å². The first-order valence-corrected chi connectivity index (χ1v) is 14.1. The zero-order valence-corrected chi connectivity index (χ0v) is 24.9. The number of hydrogen-bond acceptors (Lipinski definition) is 4. The molecule has 0 saturated carbocycles. The predicted molar refractivity (Wildman–Crippen MR) is 152 cm³/mol. The third-order valence-corrected chi connectivity index (χ3v) is 9.53. The molecule has 2 aliphatic rings. The Morgan fingerprint density at radius 2 is 1.78 bits per heavy atom. The summed E-state index contributed by atoms with van der Waals surface area (Å²) in [4.78, 5) is 16.8. The summed E-state index contributed by atoms with van der Waals surface area (Å²) in [6, 6.07) is 8.07. The van der Waals surface area contributed by atoms with E-state index in [1.54, 1.807) is 11.8 Å². The number of carbonyl (C=O) groups excluding carboxylic acids is 1. The van der Waals surface area contributed by atoms with Crippen molar-refractivity contribution in [3.8, 4) is 5.75 Å². The van der Waals surface area contributed by atoms with Gasteiger partial charge in [0, 0.05) is 29.3 Å². The summed E-state index contributed by atoms with van der Waals surface area (Å²) in [5.41, 5.74) is 4.37. The lowest BCUT2D eigenvalue weighted by Gasteiger charge is -2.48. The van der Waals surface area contributed by atoms with Crippen molar-refractivity contribution in [2.75, 3.05) is 13.2 Å². The number of nitrogens with zero attached hydrogens (tertiary/aromatic N) is 2. The third kappa shape index (κ3) is 5.74. The van der Waals surface area contributed by atoms with Gasteiger partial charge in [0.1, 0.15) is 11.6 Å². The van der Waals surface area contributed by atoms with E-state index in [1.165, 1.54) is 22.9 Å². The molecule has 200 valence electrons. The minimum Gasteiger partial charge on any atom is -0.493 e. The van der Waals surface area contributed by atoms with Crippen LogP contribution in [0.25, 0.3) is 0 Å². The second-order valence-electron chi connectivity index (χ2n) is 12.2. The van der Waals surface area contributed by atoms with Gasteiger partial charge in [0.05, 0.1) is 25.6 Å². The average molecular weight is 570 g/mol. The molecule has 0 amide bonds.